The van der Waals surface area contributed by atoms with Crippen molar-refractivity contribution in [1.29, 1.82) is 0 Å². The highest BCUT2D eigenvalue weighted by molar-refractivity contribution is 5.90. The molecule has 0 bridgehead atoms. The quantitative estimate of drug-likeness (QED) is 0.798. The van der Waals surface area contributed by atoms with Crippen molar-refractivity contribution >= 4 is 11.9 Å². The van der Waals surface area contributed by atoms with Crippen molar-refractivity contribution in [2.45, 2.75) is 26.4 Å². The number of carbonyl (C=O) groups is 2. The molecular formula is C12H17NO5. The highest BCUT2D eigenvalue weighted by atomic mass is 16.5. The van der Waals surface area contributed by atoms with Crippen LogP contribution in [0.4, 0.5) is 0 Å². The first-order valence-corrected chi connectivity index (χ1v) is 5.47. The normalized spacial score (nSPS) is 12.5. The molecule has 1 aromatic heterocycles. The zero-order chi connectivity index (χ0) is 13.9. The Morgan fingerprint density at radius 2 is 2.17 bits per heavy atom. The summed E-state index contributed by atoms with van der Waals surface area (Å²) < 4.78 is 10.0. The third-order valence-corrected chi connectivity index (χ3v) is 2.80. The molecule has 1 rings (SSSR count). The first-order valence-electron chi connectivity index (χ1n) is 5.47. The Hall–Kier alpha value is -1.82. The minimum atomic E-state index is -0.908. The summed E-state index contributed by atoms with van der Waals surface area (Å²) >= 11 is 0. The van der Waals surface area contributed by atoms with E-state index in [-0.39, 0.29) is 0 Å². The summed E-state index contributed by atoms with van der Waals surface area (Å²) in [5.41, 5.74) is 0.365. The van der Waals surface area contributed by atoms with E-state index in [4.69, 9.17) is 9.52 Å². The van der Waals surface area contributed by atoms with Crippen molar-refractivity contribution in [3.8, 4) is 0 Å². The number of nitrogens with zero attached hydrogens (tertiary/aromatic N) is 1. The molecule has 18 heavy (non-hydrogen) atoms. The van der Waals surface area contributed by atoms with E-state index >= 15 is 0 Å². The summed E-state index contributed by atoms with van der Waals surface area (Å²) in [4.78, 5) is 23.8. The van der Waals surface area contributed by atoms with Crippen molar-refractivity contribution in [1.82, 2.24) is 4.90 Å². The zero-order valence-electron chi connectivity index (χ0n) is 10.9. The molecule has 100 valence electrons. The molecule has 0 fully saturated rings. The van der Waals surface area contributed by atoms with E-state index in [0.717, 1.165) is 0 Å². The number of esters is 1. The summed E-state index contributed by atoms with van der Waals surface area (Å²) in [7, 11) is 2.97. The Morgan fingerprint density at radius 3 is 2.67 bits per heavy atom. The van der Waals surface area contributed by atoms with Gasteiger partial charge in [0.25, 0.3) is 0 Å². The van der Waals surface area contributed by atoms with Crippen LogP contribution in [0.2, 0.25) is 0 Å². The van der Waals surface area contributed by atoms with Crippen LogP contribution in [0.15, 0.2) is 10.5 Å². The molecule has 6 nitrogen and oxygen atoms in total. The van der Waals surface area contributed by atoms with Gasteiger partial charge in [-0.2, -0.15) is 0 Å². The van der Waals surface area contributed by atoms with Crippen LogP contribution in [0.5, 0.6) is 0 Å². The van der Waals surface area contributed by atoms with Gasteiger partial charge in [0.1, 0.15) is 23.1 Å². The van der Waals surface area contributed by atoms with Crippen molar-refractivity contribution in [3.05, 3.63) is 23.2 Å². The summed E-state index contributed by atoms with van der Waals surface area (Å²) in [5.74, 6) is -0.373. The van der Waals surface area contributed by atoms with Gasteiger partial charge in [-0.05, 0) is 27.0 Å². The Balaban J connectivity index is 2.80. The van der Waals surface area contributed by atoms with Gasteiger partial charge >= 0.3 is 11.9 Å². The lowest BCUT2D eigenvalue weighted by atomic mass is 10.2. The molecule has 0 radical (unpaired) electrons. The van der Waals surface area contributed by atoms with Crippen LogP contribution >= 0.6 is 0 Å². The molecule has 0 amide bonds. The van der Waals surface area contributed by atoms with Crippen LogP contribution in [0.1, 0.15) is 28.8 Å². The number of ether oxygens (including phenoxy) is 1. The van der Waals surface area contributed by atoms with Gasteiger partial charge in [-0.1, -0.05) is 0 Å². The van der Waals surface area contributed by atoms with Gasteiger partial charge in [0.05, 0.1) is 13.7 Å². The lowest BCUT2D eigenvalue weighted by molar-refractivity contribution is -0.142. The molecule has 1 unspecified atom stereocenters. The monoisotopic (exact) mass is 255 g/mol. The minimum Gasteiger partial charge on any atom is -0.480 e. The van der Waals surface area contributed by atoms with Crippen molar-refractivity contribution in [2.75, 3.05) is 14.2 Å². The van der Waals surface area contributed by atoms with E-state index in [1.54, 1.807) is 31.9 Å². The summed E-state index contributed by atoms with van der Waals surface area (Å²) in [6.07, 6.45) is 0. The van der Waals surface area contributed by atoms with E-state index in [2.05, 4.69) is 4.74 Å². The fourth-order valence-corrected chi connectivity index (χ4v) is 1.51. The van der Waals surface area contributed by atoms with Crippen LogP contribution in [-0.4, -0.2) is 42.1 Å². The lowest BCUT2D eigenvalue weighted by Gasteiger charge is -2.19. The molecule has 1 aromatic rings. The number of hydrogen-bond acceptors (Lipinski definition) is 5. The average Bonchev–Trinajstić information content (AvgIpc) is 2.67. The van der Waals surface area contributed by atoms with E-state index in [1.807, 2.05) is 0 Å². The van der Waals surface area contributed by atoms with Gasteiger partial charge < -0.3 is 14.3 Å². The summed E-state index contributed by atoms with van der Waals surface area (Å²) in [6, 6.07) is 0.948. The lowest BCUT2D eigenvalue weighted by Crippen LogP contribution is -2.35. The third kappa shape index (κ3) is 3.10. The fourth-order valence-electron chi connectivity index (χ4n) is 1.51. The Morgan fingerprint density at radius 1 is 1.56 bits per heavy atom. The Labute approximate surface area is 105 Å². The number of carboxylic acids is 1. The van der Waals surface area contributed by atoms with Crippen molar-refractivity contribution in [3.63, 3.8) is 0 Å². The standard InChI is InChI=1S/C12H17NO5/c1-7(11(14)15)13(3)6-9-5-10(8(2)18-9)12(16)17-4/h5,7H,6H2,1-4H3,(H,14,15). The van der Waals surface area contributed by atoms with Crippen LogP contribution in [0, 0.1) is 6.92 Å². The second kappa shape index (κ2) is 5.68. The van der Waals surface area contributed by atoms with E-state index in [9.17, 15) is 9.59 Å². The molecule has 1 heterocycles. The van der Waals surface area contributed by atoms with Gasteiger partial charge in [-0.15, -0.1) is 0 Å². The second-order valence-electron chi connectivity index (χ2n) is 4.10. The number of carbonyl (C=O) groups excluding carboxylic acids is 1. The van der Waals surface area contributed by atoms with Gasteiger partial charge in [0.15, 0.2) is 0 Å². The molecule has 1 atom stereocenters. The number of methoxy groups -OCH3 is 1. The zero-order valence-corrected chi connectivity index (χ0v) is 10.9. The Kier molecular flexibility index (Phi) is 4.49. The fraction of sp³-hybridized carbons (Fsp3) is 0.500. The SMILES string of the molecule is COC(=O)c1cc(CN(C)C(C)C(=O)O)oc1C. The van der Waals surface area contributed by atoms with Crippen LogP contribution < -0.4 is 0 Å². The highest BCUT2D eigenvalue weighted by Gasteiger charge is 2.20. The van der Waals surface area contributed by atoms with Gasteiger partial charge in [0, 0.05) is 0 Å². The number of hydrogen-bond donors (Lipinski definition) is 1. The van der Waals surface area contributed by atoms with Crippen LogP contribution in [-0.2, 0) is 16.1 Å². The first kappa shape index (κ1) is 14.2. The third-order valence-electron chi connectivity index (χ3n) is 2.80. The molecule has 0 aliphatic carbocycles. The number of rotatable bonds is 5. The maximum Gasteiger partial charge on any atom is 0.341 e. The smallest absolute Gasteiger partial charge is 0.341 e. The van der Waals surface area contributed by atoms with Gasteiger partial charge in [-0.25, -0.2) is 4.79 Å². The van der Waals surface area contributed by atoms with E-state index in [0.29, 0.717) is 23.6 Å². The second-order valence-corrected chi connectivity index (χ2v) is 4.10. The highest BCUT2D eigenvalue weighted by Crippen LogP contribution is 2.17. The number of aryl methyl sites for hydroxylation is 1. The number of aliphatic carboxylic acids is 1. The average molecular weight is 255 g/mol. The largest absolute Gasteiger partial charge is 0.480 e. The molecule has 0 aliphatic rings. The Bertz CT molecular complexity index is 451. The van der Waals surface area contributed by atoms with Gasteiger partial charge in [-0.3, -0.25) is 9.69 Å². The maximum absolute atomic E-state index is 11.4. The summed E-state index contributed by atoms with van der Waals surface area (Å²) in [5, 5.41) is 8.87. The summed E-state index contributed by atoms with van der Waals surface area (Å²) in [6.45, 7) is 3.56. The number of furan rings is 1. The molecule has 0 spiro atoms. The molecule has 0 aliphatic heterocycles. The van der Waals surface area contributed by atoms with Crippen LogP contribution in [0.25, 0.3) is 0 Å². The molecule has 0 aromatic carbocycles. The predicted molar refractivity (Wildman–Crippen MR) is 63.3 cm³/mol. The number of carboxylic acid groups (broad SMARTS) is 1. The minimum absolute atomic E-state index is 0.311. The molecule has 0 saturated heterocycles. The topological polar surface area (TPSA) is 80.0 Å². The number of likely N-dealkylation sites (N-methyl/N-ethyl adjacent to an activating group) is 1. The van der Waals surface area contributed by atoms with E-state index in [1.165, 1.54) is 7.11 Å². The van der Waals surface area contributed by atoms with E-state index < -0.39 is 18.0 Å². The van der Waals surface area contributed by atoms with Gasteiger partial charge in [0.2, 0.25) is 0 Å². The molecular weight excluding hydrogens is 238 g/mol. The molecule has 1 N–H and O–H groups in total. The molecule has 0 saturated carbocycles. The first-order chi connectivity index (χ1) is 8.36. The van der Waals surface area contributed by atoms with Crippen molar-refractivity contribution in [2.24, 2.45) is 0 Å². The molecule has 6 heteroatoms. The van der Waals surface area contributed by atoms with Crippen molar-refractivity contribution < 1.29 is 23.8 Å². The maximum atomic E-state index is 11.4. The van der Waals surface area contributed by atoms with Crippen LogP contribution in [0.3, 0.4) is 0 Å². The predicted octanol–water partition coefficient (Wildman–Crippen LogP) is 1.28.